The molecule has 0 saturated carbocycles. The molecule has 0 saturated heterocycles. The Balaban J connectivity index is 2.11. The SMILES string of the molecule is CCC(CC)CC(CN)n1cc(C)c2nc(-c3ccc(C(C)C)nc3OC)c(C)nc21. The van der Waals surface area contributed by atoms with Crippen LogP contribution in [0.15, 0.2) is 18.3 Å². The molecular formula is C25H37N5O. The van der Waals surface area contributed by atoms with Crippen molar-refractivity contribution in [2.75, 3.05) is 13.7 Å². The van der Waals surface area contributed by atoms with Gasteiger partial charge in [0, 0.05) is 24.5 Å². The van der Waals surface area contributed by atoms with Crippen LogP contribution in [0.25, 0.3) is 22.4 Å². The highest BCUT2D eigenvalue weighted by Crippen LogP contribution is 2.34. The van der Waals surface area contributed by atoms with Gasteiger partial charge in [-0.2, -0.15) is 0 Å². The zero-order valence-electron chi connectivity index (χ0n) is 20.1. The normalized spacial score (nSPS) is 12.8. The Morgan fingerprint density at radius 1 is 1.06 bits per heavy atom. The molecule has 6 nitrogen and oxygen atoms in total. The van der Waals surface area contributed by atoms with Gasteiger partial charge in [-0.25, -0.2) is 15.0 Å². The molecule has 0 aliphatic carbocycles. The predicted molar refractivity (Wildman–Crippen MR) is 128 cm³/mol. The number of hydrogen-bond donors (Lipinski definition) is 1. The van der Waals surface area contributed by atoms with E-state index in [9.17, 15) is 0 Å². The van der Waals surface area contributed by atoms with Gasteiger partial charge < -0.3 is 15.0 Å². The molecule has 0 fully saturated rings. The standard InChI is InChI=1S/C25H37N5O/c1-8-18(9-2)12-19(13-26)30-14-16(5)22-24(30)27-17(6)23(29-22)20-10-11-21(15(3)4)28-25(20)31-7/h10-11,14-15,18-19H,8-9,12-13,26H2,1-7H3. The van der Waals surface area contributed by atoms with Gasteiger partial charge >= 0.3 is 0 Å². The summed E-state index contributed by atoms with van der Waals surface area (Å²) < 4.78 is 7.86. The Kier molecular flexibility index (Phi) is 7.31. The van der Waals surface area contributed by atoms with Crippen molar-refractivity contribution < 1.29 is 4.74 Å². The minimum atomic E-state index is 0.224. The maximum Gasteiger partial charge on any atom is 0.222 e. The third-order valence-electron chi connectivity index (χ3n) is 6.35. The van der Waals surface area contributed by atoms with Crippen molar-refractivity contribution in [3.8, 4) is 17.1 Å². The summed E-state index contributed by atoms with van der Waals surface area (Å²) in [4.78, 5) is 14.7. The summed E-state index contributed by atoms with van der Waals surface area (Å²) in [5.74, 6) is 1.58. The van der Waals surface area contributed by atoms with Gasteiger partial charge in [-0.3, -0.25) is 0 Å². The van der Waals surface area contributed by atoms with E-state index in [-0.39, 0.29) is 6.04 Å². The molecule has 2 N–H and O–H groups in total. The summed E-state index contributed by atoms with van der Waals surface area (Å²) in [5, 5.41) is 0. The van der Waals surface area contributed by atoms with Gasteiger partial charge in [-0.05, 0) is 49.8 Å². The molecule has 0 radical (unpaired) electrons. The minimum Gasteiger partial charge on any atom is -0.480 e. The largest absolute Gasteiger partial charge is 0.480 e. The Labute approximate surface area is 186 Å². The first-order valence-corrected chi connectivity index (χ1v) is 11.5. The molecule has 0 spiro atoms. The second kappa shape index (κ2) is 9.77. The molecule has 0 aromatic carbocycles. The first-order valence-electron chi connectivity index (χ1n) is 11.5. The smallest absolute Gasteiger partial charge is 0.222 e. The van der Waals surface area contributed by atoms with Crippen molar-refractivity contribution >= 4 is 11.2 Å². The number of ether oxygens (including phenoxy) is 1. The monoisotopic (exact) mass is 423 g/mol. The number of rotatable bonds is 9. The van der Waals surface area contributed by atoms with Crippen LogP contribution in [0.3, 0.4) is 0 Å². The van der Waals surface area contributed by atoms with E-state index in [2.05, 4.69) is 45.4 Å². The molecule has 31 heavy (non-hydrogen) atoms. The quantitative estimate of drug-likeness (QED) is 0.487. The van der Waals surface area contributed by atoms with Crippen LogP contribution in [-0.2, 0) is 0 Å². The van der Waals surface area contributed by atoms with E-state index < -0.39 is 0 Å². The summed E-state index contributed by atoms with van der Waals surface area (Å²) in [5.41, 5.74) is 12.7. The third kappa shape index (κ3) is 4.59. The Morgan fingerprint density at radius 2 is 1.77 bits per heavy atom. The van der Waals surface area contributed by atoms with E-state index in [0.717, 1.165) is 45.8 Å². The molecule has 6 heteroatoms. The molecule has 0 amide bonds. The third-order valence-corrected chi connectivity index (χ3v) is 6.35. The average molecular weight is 424 g/mol. The second-order valence-electron chi connectivity index (χ2n) is 8.80. The number of aromatic nitrogens is 4. The highest BCUT2D eigenvalue weighted by atomic mass is 16.5. The Morgan fingerprint density at radius 3 is 2.35 bits per heavy atom. The van der Waals surface area contributed by atoms with E-state index in [1.54, 1.807) is 7.11 Å². The number of nitrogens with zero attached hydrogens (tertiary/aromatic N) is 4. The summed E-state index contributed by atoms with van der Waals surface area (Å²) in [7, 11) is 1.66. The highest BCUT2D eigenvalue weighted by molar-refractivity contribution is 5.81. The molecule has 0 aliphatic heterocycles. The topological polar surface area (TPSA) is 78.9 Å². The van der Waals surface area contributed by atoms with Crippen molar-refractivity contribution in [2.45, 2.75) is 72.8 Å². The zero-order chi connectivity index (χ0) is 22.7. The van der Waals surface area contributed by atoms with Crippen molar-refractivity contribution in [3.05, 3.63) is 35.3 Å². The fourth-order valence-electron chi connectivity index (χ4n) is 4.26. The first kappa shape index (κ1) is 23.2. The Hall–Kier alpha value is -2.47. The maximum atomic E-state index is 6.20. The number of aryl methyl sites for hydroxylation is 2. The summed E-state index contributed by atoms with van der Waals surface area (Å²) in [6.45, 7) is 13.4. The van der Waals surface area contributed by atoms with Gasteiger partial charge in [0.15, 0.2) is 5.65 Å². The molecule has 3 rings (SSSR count). The predicted octanol–water partition coefficient (Wildman–Crippen LogP) is 5.57. The first-order chi connectivity index (χ1) is 14.8. The van der Waals surface area contributed by atoms with Crippen molar-refractivity contribution in [2.24, 2.45) is 11.7 Å². The number of nitrogens with two attached hydrogens (primary N) is 1. The summed E-state index contributed by atoms with van der Waals surface area (Å²) >= 11 is 0. The van der Waals surface area contributed by atoms with Crippen LogP contribution in [-0.4, -0.2) is 33.2 Å². The van der Waals surface area contributed by atoms with Crippen LogP contribution in [0.4, 0.5) is 0 Å². The molecule has 1 atom stereocenters. The molecule has 1 unspecified atom stereocenters. The van der Waals surface area contributed by atoms with Crippen molar-refractivity contribution in [3.63, 3.8) is 0 Å². The fraction of sp³-hybridized carbons (Fsp3) is 0.560. The van der Waals surface area contributed by atoms with Crippen LogP contribution in [0, 0.1) is 19.8 Å². The summed E-state index contributed by atoms with van der Waals surface area (Å²) in [6, 6.07) is 4.32. The van der Waals surface area contributed by atoms with Gasteiger partial charge in [-0.1, -0.05) is 40.5 Å². The molecule has 3 aromatic heterocycles. The van der Waals surface area contributed by atoms with E-state index >= 15 is 0 Å². The van der Waals surface area contributed by atoms with E-state index in [1.165, 1.54) is 12.8 Å². The lowest BCUT2D eigenvalue weighted by Gasteiger charge is -2.23. The fourth-order valence-corrected chi connectivity index (χ4v) is 4.26. The lowest BCUT2D eigenvalue weighted by molar-refractivity contribution is 0.358. The molecule has 0 bridgehead atoms. The Bertz CT molecular complexity index is 1040. The van der Waals surface area contributed by atoms with Gasteiger partial charge in [0.25, 0.3) is 0 Å². The molecule has 3 heterocycles. The molecular weight excluding hydrogens is 386 g/mol. The van der Waals surface area contributed by atoms with Crippen molar-refractivity contribution in [1.82, 2.24) is 19.5 Å². The van der Waals surface area contributed by atoms with E-state index in [1.807, 2.05) is 19.1 Å². The van der Waals surface area contributed by atoms with Gasteiger partial charge in [0.05, 0.1) is 24.1 Å². The van der Waals surface area contributed by atoms with Gasteiger partial charge in [-0.15, -0.1) is 0 Å². The van der Waals surface area contributed by atoms with Gasteiger partial charge in [0.1, 0.15) is 5.52 Å². The summed E-state index contributed by atoms with van der Waals surface area (Å²) in [6.07, 6.45) is 5.55. The molecule has 3 aromatic rings. The van der Waals surface area contributed by atoms with Gasteiger partial charge in [0.2, 0.25) is 5.88 Å². The maximum absolute atomic E-state index is 6.20. The number of hydrogen-bond acceptors (Lipinski definition) is 5. The molecule has 0 aliphatic rings. The van der Waals surface area contributed by atoms with Crippen LogP contribution < -0.4 is 10.5 Å². The minimum absolute atomic E-state index is 0.224. The highest BCUT2D eigenvalue weighted by Gasteiger charge is 2.22. The number of methoxy groups -OCH3 is 1. The second-order valence-corrected chi connectivity index (χ2v) is 8.80. The average Bonchev–Trinajstić information content (AvgIpc) is 3.08. The zero-order valence-corrected chi connectivity index (χ0v) is 20.1. The van der Waals surface area contributed by atoms with Crippen molar-refractivity contribution in [1.29, 1.82) is 0 Å². The number of pyridine rings is 1. The van der Waals surface area contributed by atoms with Crippen LogP contribution >= 0.6 is 0 Å². The lowest BCUT2D eigenvalue weighted by Crippen LogP contribution is -2.22. The van der Waals surface area contributed by atoms with Crippen LogP contribution in [0.5, 0.6) is 5.88 Å². The van der Waals surface area contributed by atoms with Crippen LogP contribution in [0.2, 0.25) is 0 Å². The van der Waals surface area contributed by atoms with E-state index in [0.29, 0.717) is 24.3 Å². The lowest BCUT2D eigenvalue weighted by atomic mass is 9.94. The van der Waals surface area contributed by atoms with Crippen LogP contribution in [0.1, 0.15) is 75.9 Å². The van der Waals surface area contributed by atoms with E-state index in [4.69, 9.17) is 25.4 Å². The number of fused-ring (bicyclic) bond motifs is 1. The molecule has 168 valence electrons.